The number of nitrogens with one attached hydrogen (secondary N) is 2. The Bertz CT molecular complexity index is 702. The number of nitrogens with zero attached hydrogens (tertiary/aromatic N) is 2. The summed E-state index contributed by atoms with van der Waals surface area (Å²) in [7, 11) is 0. The van der Waals surface area contributed by atoms with Gasteiger partial charge in [-0.15, -0.1) is 0 Å². The van der Waals surface area contributed by atoms with Crippen molar-refractivity contribution in [3.63, 3.8) is 0 Å². The molecule has 1 aromatic rings. The maximum Gasteiger partial charge on any atom is 0.251 e. The topological polar surface area (TPSA) is 73.9 Å². The van der Waals surface area contributed by atoms with Gasteiger partial charge in [0.15, 0.2) is 0 Å². The third kappa shape index (κ3) is 4.09. The van der Waals surface area contributed by atoms with Crippen molar-refractivity contribution in [1.29, 1.82) is 0 Å². The van der Waals surface area contributed by atoms with Gasteiger partial charge in [0.2, 0.25) is 5.91 Å². The number of carbonyl (C=O) groups is 2. The number of carbonyl (C=O) groups excluding carboxylic acids is 2. The molecule has 3 heterocycles. The van der Waals surface area contributed by atoms with E-state index in [1.807, 2.05) is 12.1 Å². The van der Waals surface area contributed by atoms with Crippen molar-refractivity contribution in [1.82, 2.24) is 10.2 Å². The van der Waals surface area contributed by atoms with Crippen LogP contribution in [0.1, 0.15) is 36.0 Å². The van der Waals surface area contributed by atoms with E-state index in [-0.39, 0.29) is 17.9 Å². The van der Waals surface area contributed by atoms with Crippen LogP contribution in [0.3, 0.4) is 0 Å². The second-order valence-electron chi connectivity index (χ2n) is 7.49. The van der Waals surface area contributed by atoms with E-state index in [9.17, 15) is 9.59 Å². The summed E-state index contributed by atoms with van der Waals surface area (Å²) in [5, 5.41) is 5.98. The lowest BCUT2D eigenvalue weighted by Gasteiger charge is -2.41. The van der Waals surface area contributed by atoms with Crippen LogP contribution in [0.25, 0.3) is 0 Å². The molecule has 7 nitrogen and oxygen atoms in total. The molecule has 3 aliphatic rings. The molecule has 0 radical (unpaired) electrons. The number of anilines is 2. The number of amides is 2. The highest BCUT2D eigenvalue weighted by Crippen LogP contribution is 2.36. The maximum atomic E-state index is 12.5. The standard InChI is InChI=1S/C20H28N4O3/c25-19(21-7-3-8-23-10-12-27-13-11-23)15-5-6-17-16(14-15)22-20(26)18-4-1-2-9-24(17)18/h5-6,14,18H,1-4,7-13H2,(H,21,25)(H,22,26). The molecule has 1 atom stereocenters. The Labute approximate surface area is 160 Å². The summed E-state index contributed by atoms with van der Waals surface area (Å²) in [6.45, 7) is 6.05. The smallest absolute Gasteiger partial charge is 0.251 e. The van der Waals surface area contributed by atoms with Crippen LogP contribution in [0.2, 0.25) is 0 Å². The van der Waals surface area contributed by atoms with Gasteiger partial charge in [0.25, 0.3) is 5.91 Å². The predicted octanol–water partition coefficient (Wildman–Crippen LogP) is 1.45. The molecule has 0 spiro atoms. The van der Waals surface area contributed by atoms with Gasteiger partial charge in [-0.05, 0) is 50.4 Å². The van der Waals surface area contributed by atoms with Crippen molar-refractivity contribution in [2.24, 2.45) is 0 Å². The van der Waals surface area contributed by atoms with Crippen LogP contribution in [-0.2, 0) is 9.53 Å². The van der Waals surface area contributed by atoms with Gasteiger partial charge < -0.3 is 20.3 Å². The predicted molar refractivity (Wildman–Crippen MR) is 104 cm³/mol. The minimum atomic E-state index is -0.0882. The Morgan fingerprint density at radius 1 is 1.22 bits per heavy atom. The van der Waals surface area contributed by atoms with Gasteiger partial charge in [0, 0.05) is 31.7 Å². The summed E-state index contributed by atoms with van der Waals surface area (Å²) < 4.78 is 5.34. The molecule has 146 valence electrons. The lowest BCUT2D eigenvalue weighted by atomic mass is 9.97. The molecule has 2 N–H and O–H groups in total. The van der Waals surface area contributed by atoms with Crippen LogP contribution in [0, 0.1) is 0 Å². The highest BCUT2D eigenvalue weighted by atomic mass is 16.5. The Morgan fingerprint density at radius 2 is 2.07 bits per heavy atom. The van der Waals surface area contributed by atoms with E-state index < -0.39 is 0 Å². The van der Waals surface area contributed by atoms with Crippen molar-refractivity contribution in [3.8, 4) is 0 Å². The Kier molecular flexibility index (Phi) is 5.59. The molecule has 0 bridgehead atoms. The minimum absolute atomic E-state index is 0.0465. The van der Waals surface area contributed by atoms with Crippen molar-refractivity contribution in [3.05, 3.63) is 23.8 Å². The summed E-state index contributed by atoms with van der Waals surface area (Å²) in [5.41, 5.74) is 2.37. The van der Waals surface area contributed by atoms with Crippen molar-refractivity contribution < 1.29 is 14.3 Å². The molecule has 1 aromatic carbocycles. The summed E-state index contributed by atoms with van der Waals surface area (Å²) in [6, 6.07) is 5.57. The molecule has 7 heteroatoms. The first kappa shape index (κ1) is 18.3. The van der Waals surface area contributed by atoms with Gasteiger partial charge >= 0.3 is 0 Å². The van der Waals surface area contributed by atoms with E-state index >= 15 is 0 Å². The molecule has 0 saturated carbocycles. The Hall–Kier alpha value is -2.12. The van der Waals surface area contributed by atoms with E-state index in [4.69, 9.17) is 4.74 Å². The second-order valence-corrected chi connectivity index (χ2v) is 7.49. The zero-order chi connectivity index (χ0) is 18.6. The summed E-state index contributed by atoms with van der Waals surface area (Å²) in [6.07, 6.45) is 4.02. The molecule has 0 aromatic heterocycles. The summed E-state index contributed by atoms with van der Waals surface area (Å²) >= 11 is 0. The lowest BCUT2D eigenvalue weighted by molar-refractivity contribution is -0.118. The van der Waals surface area contributed by atoms with Crippen LogP contribution in [0.4, 0.5) is 11.4 Å². The van der Waals surface area contributed by atoms with Crippen molar-refractivity contribution in [2.45, 2.75) is 31.7 Å². The average molecular weight is 372 g/mol. The number of hydrogen-bond acceptors (Lipinski definition) is 5. The van der Waals surface area contributed by atoms with E-state index in [2.05, 4.69) is 20.4 Å². The first-order valence-electron chi connectivity index (χ1n) is 10.0. The Morgan fingerprint density at radius 3 is 2.93 bits per heavy atom. The van der Waals surface area contributed by atoms with Crippen molar-refractivity contribution in [2.75, 3.05) is 56.2 Å². The molecule has 2 fully saturated rings. The van der Waals surface area contributed by atoms with E-state index in [1.165, 1.54) is 0 Å². The van der Waals surface area contributed by atoms with Crippen LogP contribution < -0.4 is 15.5 Å². The average Bonchev–Trinajstić information content (AvgIpc) is 2.71. The third-order valence-corrected chi connectivity index (χ3v) is 5.67. The molecule has 27 heavy (non-hydrogen) atoms. The fourth-order valence-electron chi connectivity index (χ4n) is 4.17. The monoisotopic (exact) mass is 372 g/mol. The van der Waals surface area contributed by atoms with Gasteiger partial charge in [-0.1, -0.05) is 0 Å². The third-order valence-electron chi connectivity index (χ3n) is 5.67. The molecule has 4 rings (SSSR count). The molecule has 3 aliphatic heterocycles. The molecular formula is C20H28N4O3. The zero-order valence-corrected chi connectivity index (χ0v) is 15.7. The SMILES string of the molecule is O=C(NCCCN1CCOCC1)c1ccc2c(c1)NC(=O)C1CCCCN21. The van der Waals surface area contributed by atoms with Crippen molar-refractivity contribution >= 4 is 23.2 Å². The minimum Gasteiger partial charge on any atom is -0.379 e. The quantitative estimate of drug-likeness (QED) is 0.766. The first-order chi connectivity index (χ1) is 13.2. The van der Waals surface area contributed by atoms with Gasteiger partial charge in [0.1, 0.15) is 6.04 Å². The largest absolute Gasteiger partial charge is 0.379 e. The molecular weight excluding hydrogens is 344 g/mol. The summed E-state index contributed by atoms with van der Waals surface area (Å²) in [4.78, 5) is 29.4. The van der Waals surface area contributed by atoms with E-state index in [0.29, 0.717) is 12.1 Å². The fraction of sp³-hybridized carbons (Fsp3) is 0.600. The van der Waals surface area contributed by atoms with E-state index in [1.54, 1.807) is 6.07 Å². The summed E-state index contributed by atoms with van der Waals surface area (Å²) in [5.74, 6) is -0.0416. The molecule has 1 unspecified atom stereocenters. The van der Waals surface area contributed by atoms with Gasteiger partial charge in [-0.2, -0.15) is 0 Å². The highest BCUT2D eigenvalue weighted by molar-refractivity contribution is 6.05. The molecule has 2 amide bonds. The number of ether oxygens (including phenoxy) is 1. The van der Waals surface area contributed by atoms with Crippen LogP contribution in [0.15, 0.2) is 18.2 Å². The Balaban J connectivity index is 1.33. The first-order valence-corrected chi connectivity index (χ1v) is 10.0. The number of piperidine rings is 1. The van der Waals surface area contributed by atoms with E-state index in [0.717, 1.165) is 76.5 Å². The van der Waals surface area contributed by atoms with Gasteiger partial charge in [0.05, 0.1) is 24.6 Å². The van der Waals surface area contributed by atoms with Crippen LogP contribution >= 0.6 is 0 Å². The fourth-order valence-corrected chi connectivity index (χ4v) is 4.17. The second kappa shape index (κ2) is 8.27. The number of morpholine rings is 1. The number of hydrogen-bond donors (Lipinski definition) is 2. The number of benzene rings is 1. The lowest BCUT2D eigenvalue weighted by Crippen LogP contribution is -2.50. The van der Waals surface area contributed by atoms with Crippen LogP contribution in [0.5, 0.6) is 0 Å². The molecule has 2 saturated heterocycles. The number of rotatable bonds is 5. The maximum absolute atomic E-state index is 12.5. The van der Waals surface area contributed by atoms with Crippen LogP contribution in [-0.4, -0.2) is 68.7 Å². The van der Waals surface area contributed by atoms with Gasteiger partial charge in [-0.25, -0.2) is 0 Å². The zero-order valence-electron chi connectivity index (χ0n) is 15.7. The highest BCUT2D eigenvalue weighted by Gasteiger charge is 2.34. The number of fused-ring (bicyclic) bond motifs is 3. The van der Waals surface area contributed by atoms with Gasteiger partial charge in [-0.3, -0.25) is 14.5 Å². The normalized spacial score (nSPS) is 22.6. The molecule has 0 aliphatic carbocycles.